The number of aromatic nitrogens is 2. The number of nitrogens with two attached hydrogens (primary N) is 1. The molecule has 2 N–H and O–H groups in total. The van der Waals surface area contributed by atoms with Gasteiger partial charge in [-0.3, -0.25) is 4.68 Å². The second-order valence-corrected chi connectivity index (χ2v) is 4.82. The molecule has 1 aromatic carbocycles. The highest BCUT2D eigenvalue weighted by Gasteiger charge is 2.09. The molecule has 4 nitrogen and oxygen atoms in total. The van der Waals surface area contributed by atoms with Gasteiger partial charge in [0.1, 0.15) is 12.4 Å². The molecule has 0 aliphatic heterocycles. The Balaban J connectivity index is 2.10. The molecule has 0 radical (unpaired) electrons. The van der Waals surface area contributed by atoms with Crippen molar-refractivity contribution in [3.05, 3.63) is 47.3 Å². The van der Waals surface area contributed by atoms with Gasteiger partial charge in [0, 0.05) is 29.9 Å². The Hall–Kier alpha value is -1.81. The lowest BCUT2D eigenvalue weighted by atomic mass is 10.1. The standard InChI is InChI=1S/C15H21N3O/c1-4-18-9-13(8-17-18)10-19-15-6-5-11(2)7-14(15)12(3)16/h5-9,12H,4,10,16H2,1-3H3. The topological polar surface area (TPSA) is 53.1 Å². The van der Waals surface area contributed by atoms with Gasteiger partial charge in [0.15, 0.2) is 0 Å². The van der Waals surface area contributed by atoms with E-state index in [0.717, 1.165) is 23.4 Å². The van der Waals surface area contributed by atoms with Gasteiger partial charge < -0.3 is 10.5 Å². The zero-order valence-corrected chi connectivity index (χ0v) is 11.8. The van der Waals surface area contributed by atoms with Gasteiger partial charge in [-0.2, -0.15) is 5.10 Å². The van der Waals surface area contributed by atoms with Crippen LogP contribution in [0.3, 0.4) is 0 Å². The van der Waals surface area contributed by atoms with E-state index in [1.165, 1.54) is 5.56 Å². The molecule has 1 aromatic heterocycles. The minimum atomic E-state index is -0.0340. The van der Waals surface area contributed by atoms with Gasteiger partial charge in [-0.25, -0.2) is 0 Å². The Morgan fingerprint density at radius 3 is 2.84 bits per heavy atom. The van der Waals surface area contributed by atoms with Crippen LogP contribution in [-0.2, 0) is 13.2 Å². The van der Waals surface area contributed by atoms with E-state index in [-0.39, 0.29) is 6.04 Å². The normalized spacial score (nSPS) is 12.4. The highest BCUT2D eigenvalue weighted by molar-refractivity contribution is 5.38. The van der Waals surface area contributed by atoms with E-state index in [2.05, 4.69) is 25.0 Å². The summed E-state index contributed by atoms with van der Waals surface area (Å²) in [6.45, 7) is 7.47. The van der Waals surface area contributed by atoms with Crippen molar-refractivity contribution in [2.75, 3.05) is 0 Å². The largest absolute Gasteiger partial charge is 0.488 e. The fourth-order valence-electron chi connectivity index (χ4n) is 1.97. The van der Waals surface area contributed by atoms with E-state index < -0.39 is 0 Å². The molecule has 0 bridgehead atoms. The Morgan fingerprint density at radius 1 is 1.42 bits per heavy atom. The highest BCUT2D eigenvalue weighted by atomic mass is 16.5. The van der Waals surface area contributed by atoms with Crippen molar-refractivity contribution in [2.24, 2.45) is 5.73 Å². The molecule has 4 heteroatoms. The predicted octanol–water partition coefficient (Wildman–Crippen LogP) is 2.81. The Labute approximate surface area is 114 Å². The first-order valence-electron chi connectivity index (χ1n) is 6.60. The third-order valence-electron chi connectivity index (χ3n) is 3.06. The lowest BCUT2D eigenvalue weighted by Crippen LogP contribution is -2.08. The van der Waals surface area contributed by atoms with Crippen LogP contribution in [0.15, 0.2) is 30.6 Å². The highest BCUT2D eigenvalue weighted by Crippen LogP contribution is 2.25. The van der Waals surface area contributed by atoms with Gasteiger partial charge in [-0.05, 0) is 26.8 Å². The van der Waals surface area contributed by atoms with E-state index in [0.29, 0.717) is 6.61 Å². The van der Waals surface area contributed by atoms with Crippen LogP contribution in [0.2, 0.25) is 0 Å². The molecule has 0 spiro atoms. The van der Waals surface area contributed by atoms with Crippen LogP contribution in [0.25, 0.3) is 0 Å². The van der Waals surface area contributed by atoms with E-state index >= 15 is 0 Å². The maximum atomic E-state index is 5.98. The Kier molecular flexibility index (Phi) is 4.22. The molecule has 0 saturated carbocycles. The predicted molar refractivity (Wildman–Crippen MR) is 76.0 cm³/mol. The summed E-state index contributed by atoms with van der Waals surface area (Å²) in [4.78, 5) is 0. The average molecular weight is 259 g/mol. The third-order valence-corrected chi connectivity index (χ3v) is 3.06. The van der Waals surface area contributed by atoms with Crippen LogP contribution in [0.4, 0.5) is 0 Å². The number of aryl methyl sites for hydroxylation is 2. The first kappa shape index (κ1) is 13.6. The summed E-state index contributed by atoms with van der Waals surface area (Å²) in [5, 5.41) is 4.23. The van der Waals surface area contributed by atoms with Gasteiger partial charge in [0.2, 0.25) is 0 Å². The first-order chi connectivity index (χ1) is 9.10. The molecule has 2 rings (SSSR count). The van der Waals surface area contributed by atoms with E-state index in [4.69, 9.17) is 10.5 Å². The van der Waals surface area contributed by atoms with Gasteiger partial charge in [-0.1, -0.05) is 17.7 Å². The summed E-state index contributed by atoms with van der Waals surface area (Å²) in [6.07, 6.45) is 3.84. The number of rotatable bonds is 5. The van der Waals surface area contributed by atoms with E-state index in [1.807, 2.05) is 36.1 Å². The van der Waals surface area contributed by atoms with Crippen molar-refractivity contribution < 1.29 is 4.74 Å². The van der Waals surface area contributed by atoms with Crippen LogP contribution in [0, 0.1) is 6.92 Å². The maximum absolute atomic E-state index is 5.98. The van der Waals surface area contributed by atoms with Crippen molar-refractivity contribution in [3.63, 3.8) is 0 Å². The van der Waals surface area contributed by atoms with Crippen LogP contribution < -0.4 is 10.5 Å². The number of ether oxygens (including phenoxy) is 1. The van der Waals surface area contributed by atoms with Crippen molar-refractivity contribution >= 4 is 0 Å². The van der Waals surface area contributed by atoms with Crippen LogP contribution in [0.5, 0.6) is 5.75 Å². The summed E-state index contributed by atoms with van der Waals surface area (Å²) < 4.78 is 7.75. The first-order valence-corrected chi connectivity index (χ1v) is 6.60. The van der Waals surface area contributed by atoms with Gasteiger partial charge in [-0.15, -0.1) is 0 Å². The molecule has 1 atom stereocenters. The second kappa shape index (κ2) is 5.89. The molecule has 19 heavy (non-hydrogen) atoms. The molecule has 0 fully saturated rings. The molecule has 0 saturated heterocycles. The molecule has 0 aliphatic carbocycles. The zero-order chi connectivity index (χ0) is 13.8. The minimum Gasteiger partial charge on any atom is -0.488 e. The van der Waals surface area contributed by atoms with Crippen LogP contribution in [-0.4, -0.2) is 9.78 Å². The van der Waals surface area contributed by atoms with Gasteiger partial charge in [0.25, 0.3) is 0 Å². The lowest BCUT2D eigenvalue weighted by Gasteiger charge is -2.14. The molecular formula is C15H21N3O. The quantitative estimate of drug-likeness (QED) is 0.898. The van der Waals surface area contributed by atoms with Crippen molar-refractivity contribution in [2.45, 2.75) is 40.0 Å². The maximum Gasteiger partial charge on any atom is 0.124 e. The number of hydrogen-bond acceptors (Lipinski definition) is 3. The summed E-state index contributed by atoms with van der Waals surface area (Å²) in [6, 6.07) is 6.07. The third kappa shape index (κ3) is 3.35. The molecule has 2 aromatic rings. The molecular weight excluding hydrogens is 238 g/mol. The fraction of sp³-hybridized carbons (Fsp3) is 0.400. The Morgan fingerprint density at radius 2 is 2.21 bits per heavy atom. The number of hydrogen-bond donors (Lipinski definition) is 1. The van der Waals surface area contributed by atoms with Crippen LogP contribution in [0.1, 0.15) is 36.6 Å². The lowest BCUT2D eigenvalue weighted by molar-refractivity contribution is 0.301. The van der Waals surface area contributed by atoms with Gasteiger partial charge in [0.05, 0.1) is 6.20 Å². The summed E-state index contributed by atoms with van der Waals surface area (Å²) in [5.74, 6) is 0.852. The zero-order valence-electron chi connectivity index (χ0n) is 11.8. The van der Waals surface area contributed by atoms with Crippen molar-refractivity contribution in [1.29, 1.82) is 0 Å². The van der Waals surface area contributed by atoms with Crippen molar-refractivity contribution in [1.82, 2.24) is 9.78 Å². The monoisotopic (exact) mass is 259 g/mol. The summed E-state index contributed by atoms with van der Waals surface area (Å²) in [5.41, 5.74) is 9.29. The minimum absolute atomic E-state index is 0.0340. The van der Waals surface area contributed by atoms with E-state index in [9.17, 15) is 0 Å². The Bertz CT molecular complexity index is 546. The average Bonchev–Trinajstić information content (AvgIpc) is 2.85. The summed E-state index contributed by atoms with van der Waals surface area (Å²) in [7, 11) is 0. The van der Waals surface area contributed by atoms with Gasteiger partial charge >= 0.3 is 0 Å². The van der Waals surface area contributed by atoms with Crippen LogP contribution >= 0.6 is 0 Å². The molecule has 1 unspecified atom stereocenters. The number of benzene rings is 1. The molecule has 0 aliphatic rings. The molecule has 102 valence electrons. The molecule has 0 amide bonds. The second-order valence-electron chi connectivity index (χ2n) is 4.82. The number of nitrogens with zero attached hydrogens (tertiary/aromatic N) is 2. The molecule has 1 heterocycles. The smallest absolute Gasteiger partial charge is 0.124 e. The summed E-state index contributed by atoms with van der Waals surface area (Å²) >= 11 is 0. The SMILES string of the molecule is CCn1cc(COc2ccc(C)cc2C(C)N)cn1. The van der Waals surface area contributed by atoms with E-state index in [1.54, 1.807) is 0 Å². The fourth-order valence-corrected chi connectivity index (χ4v) is 1.97. The van der Waals surface area contributed by atoms with Crippen molar-refractivity contribution in [3.8, 4) is 5.75 Å².